The van der Waals surface area contributed by atoms with Crippen molar-refractivity contribution in [2.24, 2.45) is 16.8 Å². The van der Waals surface area contributed by atoms with Gasteiger partial charge in [0.15, 0.2) is 0 Å². The van der Waals surface area contributed by atoms with Crippen LogP contribution >= 0.6 is 0 Å². The van der Waals surface area contributed by atoms with Crippen molar-refractivity contribution in [1.29, 1.82) is 0 Å². The molecule has 96 valence electrons. The van der Waals surface area contributed by atoms with Crippen LogP contribution in [0.15, 0.2) is 5.16 Å². The van der Waals surface area contributed by atoms with Crippen molar-refractivity contribution < 1.29 is 10.3 Å². The van der Waals surface area contributed by atoms with Crippen molar-refractivity contribution in [3.05, 3.63) is 0 Å². The molecule has 16 heavy (non-hydrogen) atoms. The fourth-order valence-electron chi connectivity index (χ4n) is 1.50. The summed E-state index contributed by atoms with van der Waals surface area (Å²) in [5.41, 5.74) is 4.65. The van der Waals surface area contributed by atoms with Gasteiger partial charge in [0, 0.05) is 25.6 Å². The summed E-state index contributed by atoms with van der Waals surface area (Å²) in [6.07, 6.45) is 0. The van der Waals surface area contributed by atoms with Crippen LogP contribution in [-0.2, 0) is 0 Å². The lowest BCUT2D eigenvalue weighted by atomic mass is 10.1. The molecular weight excluding hydrogens is 208 g/mol. The molecule has 6 heteroatoms. The van der Waals surface area contributed by atoms with Gasteiger partial charge < -0.3 is 26.3 Å². The summed E-state index contributed by atoms with van der Waals surface area (Å²) in [4.78, 5) is 1.93. The lowest BCUT2D eigenvalue weighted by Gasteiger charge is -2.27. The highest BCUT2D eigenvalue weighted by molar-refractivity contribution is 5.82. The fraction of sp³-hybridized carbons (Fsp3) is 0.900. The SMILES string of the molecule is CC(CNCC(C)(O)CN(C)C)C(N)=NO. The topological polar surface area (TPSA) is 94.1 Å². The van der Waals surface area contributed by atoms with Crippen LogP contribution in [0.4, 0.5) is 0 Å². The predicted molar refractivity (Wildman–Crippen MR) is 64.6 cm³/mol. The van der Waals surface area contributed by atoms with Crippen LogP contribution in [0.25, 0.3) is 0 Å². The highest BCUT2D eigenvalue weighted by atomic mass is 16.4. The number of oxime groups is 1. The molecule has 0 saturated heterocycles. The van der Waals surface area contributed by atoms with Crippen molar-refractivity contribution in [3.8, 4) is 0 Å². The molecule has 0 aliphatic heterocycles. The second kappa shape index (κ2) is 6.67. The maximum atomic E-state index is 9.98. The lowest BCUT2D eigenvalue weighted by Crippen LogP contribution is -2.47. The van der Waals surface area contributed by atoms with Crippen molar-refractivity contribution in [3.63, 3.8) is 0 Å². The van der Waals surface area contributed by atoms with Crippen LogP contribution in [0.2, 0.25) is 0 Å². The van der Waals surface area contributed by atoms with E-state index in [0.29, 0.717) is 19.6 Å². The minimum Gasteiger partial charge on any atom is -0.409 e. The Morgan fingerprint density at radius 1 is 1.56 bits per heavy atom. The van der Waals surface area contributed by atoms with Gasteiger partial charge in [-0.2, -0.15) is 0 Å². The van der Waals surface area contributed by atoms with Gasteiger partial charge in [0.25, 0.3) is 0 Å². The average Bonchev–Trinajstić information content (AvgIpc) is 2.13. The summed E-state index contributed by atoms with van der Waals surface area (Å²) in [6.45, 7) is 5.24. The van der Waals surface area contributed by atoms with E-state index in [-0.39, 0.29) is 11.8 Å². The third kappa shape index (κ3) is 6.60. The first kappa shape index (κ1) is 15.2. The number of amidine groups is 1. The molecule has 0 saturated carbocycles. The lowest BCUT2D eigenvalue weighted by molar-refractivity contribution is 0.0337. The molecule has 2 unspecified atom stereocenters. The zero-order valence-electron chi connectivity index (χ0n) is 10.6. The summed E-state index contributed by atoms with van der Waals surface area (Å²) >= 11 is 0. The van der Waals surface area contributed by atoms with E-state index in [4.69, 9.17) is 10.9 Å². The largest absolute Gasteiger partial charge is 0.409 e. The molecule has 0 aromatic heterocycles. The van der Waals surface area contributed by atoms with Crippen molar-refractivity contribution in [2.45, 2.75) is 19.4 Å². The Labute approximate surface area is 97.1 Å². The minimum absolute atomic E-state index is 0.0554. The van der Waals surface area contributed by atoms with Gasteiger partial charge in [-0.05, 0) is 21.0 Å². The Kier molecular flexibility index (Phi) is 6.32. The maximum Gasteiger partial charge on any atom is 0.143 e. The number of nitrogens with one attached hydrogen (secondary N) is 1. The number of hydrogen-bond acceptors (Lipinski definition) is 5. The van der Waals surface area contributed by atoms with E-state index in [1.807, 2.05) is 25.9 Å². The summed E-state index contributed by atoms with van der Waals surface area (Å²) in [7, 11) is 3.82. The molecule has 0 bridgehead atoms. The van der Waals surface area contributed by atoms with Gasteiger partial charge in [-0.15, -0.1) is 0 Å². The predicted octanol–water partition coefficient (Wildman–Crippen LogP) is -0.729. The third-order valence-corrected chi connectivity index (χ3v) is 2.23. The maximum absolute atomic E-state index is 9.98. The zero-order valence-corrected chi connectivity index (χ0v) is 10.6. The number of hydrogen-bond donors (Lipinski definition) is 4. The standard InChI is InChI=1S/C10H24N4O2/c1-8(9(11)13-16)5-12-6-10(2,15)7-14(3)4/h8,12,15-16H,5-7H2,1-4H3,(H2,11,13). The molecular formula is C10H24N4O2. The Bertz CT molecular complexity index is 229. The van der Waals surface area contributed by atoms with Crippen LogP contribution in [0, 0.1) is 5.92 Å². The highest BCUT2D eigenvalue weighted by Gasteiger charge is 2.21. The minimum atomic E-state index is -0.783. The van der Waals surface area contributed by atoms with Crippen LogP contribution in [0.3, 0.4) is 0 Å². The molecule has 0 aromatic carbocycles. The molecule has 0 heterocycles. The smallest absolute Gasteiger partial charge is 0.143 e. The Morgan fingerprint density at radius 3 is 2.56 bits per heavy atom. The molecule has 0 fully saturated rings. The van der Waals surface area contributed by atoms with Gasteiger partial charge in [-0.1, -0.05) is 12.1 Å². The number of rotatable bonds is 7. The van der Waals surface area contributed by atoms with E-state index in [9.17, 15) is 5.11 Å². The van der Waals surface area contributed by atoms with E-state index in [0.717, 1.165) is 0 Å². The van der Waals surface area contributed by atoms with Crippen molar-refractivity contribution in [2.75, 3.05) is 33.7 Å². The molecule has 2 atom stereocenters. The van der Waals surface area contributed by atoms with Crippen LogP contribution < -0.4 is 11.1 Å². The summed E-state index contributed by atoms with van der Waals surface area (Å²) in [5, 5.41) is 24.5. The number of aliphatic hydroxyl groups is 1. The monoisotopic (exact) mass is 232 g/mol. The number of nitrogens with zero attached hydrogens (tertiary/aromatic N) is 2. The highest BCUT2D eigenvalue weighted by Crippen LogP contribution is 2.03. The van der Waals surface area contributed by atoms with Gasteiger partial charge >= 0.3 is 0 Å². The summed E-state index contributed by atoms with van der Waals surface area (Å²) in [6, 6.07) is 0. The second-order valence-electron chi connectivity index (χ2n) is 4.79. The Morgan fingerprint density at radius 2 is 2.12 bits per heavy atom. The fourth-order valence-corrected chi connectivity index (χ4v) is 1.50. The number of nitrogens with two attached hydrogens (primary N) is 1. The van der Waals surface area contributed by atoms with Gasteiger partial charge in [0.1, 0.15) is 5.84 Å². The van der Waals surface area contributed by atoms with Gasteiger partial charge in [-0.25, -0.2) is 0 Å². The molecule has 0 aliphatic carbocycles. The van der Waals surface area contributed by atoms with E-state index in [1.54, 1.807) is 6.92 Å². The van der Waals surface area contributed by atoms with Crippen LogP contribution in [0.1, 0.15) is 13.8 Å². The molecule has 0 radical (unpaired) electrons. The molecule has 0 aliphatic rings. The number of likely N-dealkylation sites (N-methyl/N-ethyl adjacent to an activating group) is 1. The summed E-state index contributed by atoms with van der Waals surface area (Å²) < 4.78 is 0. The summed E-state index contributed by atoms with van der Waals surface area (Å²) in [5.74, 6) is 0.139. The Balaban J connectivity index is 3.89. The molecule has 6 nitrogen and oxygen atoms in total. The quantitative estimate of drug-likeness (QED) is 0.201. The van der Waals surface area contributed by atoms with Crippen LogP contribution in [0.5, 0.6) is 0 Å². The Hall–Kier alpha value is -0.850. The molecule has 0 spiro atoms. The van der Waals surface area contributed by atoms with Gasteiger partial charge in [-0.3, -0.25) is 0 Å². The first-order chi connectivity index (χ1) is 7.28. The first-order valence-electron chi connectivity index (χ1n) is 5.34. The van der Waals surface area contributed by atoms with E-state index in [2.05, 4.69) is 10.5 Å². The average molecular weight is 232 g/mol. The van der Waals surface area contributed by atoms with E-state index < -0.39 is 5.60 Å². The van der Waals surface area contributed by atoms with Gasteiger partial charge in [0.05, 0.1) is 5.60 Å². The first-order valence-corrected chi connectivity index (χ1v) is 5.34. The molecule has 5 N–H and O–H groups in total. The van der Waals surface area contributed by atoms with Crippen LogP contribution in [-0.4, -0.2) is 60.4 Å². The third-order valence-electron chi connectivity index (χ3n) is 2.23. The zero-order chi connectivity index (χ0) is 12.8. The van der Waals surface area contributed by atoms with Gasteiger partial charge in [0.2, 0.25) is 0 Å². The van der Waals surface area contributed by atoms with E-state index >= 15 is 0 Å². The van der Waals surface area contributed by atoms with E-state index in [1.165, 1.54) is 0 Å². The van der Waals surface area contributed by atoms with Crippen molar-refractivity contribution >= 4 is 5.84 Å². The normalized spacial score (nSPS) is 18.5. The molecule has 0 rings (SSSR count). The second-order valence-corrected chi connectivity index (χ2v) is 4.79. The van der Waals surface area contributed by atoms with Crippen molar-refractivity contribution in [1.82, 2.24) is 10.2 Å². The molecule has 0 amide bonds. The molecule has 0 aromatic rings.